The maximum absolute atomic E-state index is 4.26. The van der Waals surface area contributed by atoms with Crippen molar-refractivity contribution in [1.82, 2.24) is 20.0 Å². The minimum Gasteiger partial charge on any atom is -0.309 e. The lowest BCUT2D eigenvalue weighted by atomic mass is 9.98. The van der Waals surface area contributed by atoms with Crippen molar-refractivity contribution in [2.75, 3.05) is 13.1 Å². The molecule has 3 atom stereocenters. The molecular formula is C20H26N4. The van der Waals surface area contributed by atoms with Crippen LogP contribution in [0.25, 0.3) is 6.20 Å². The Morgan fingerprint density at radius 3 is 2.83 bits per heavy atom. The summed E-state index contributed by atoms with van der Waals surface area (Å²) in [5.41, 5.74) is 2.66. The highest BCUT2D eigenvalue weighted by Crippen LogP contribution is 2.38. The fourth-order valence-electron chi connectivity index (χ4n) is 4.40. The Bertz CT molecular complexity index is 678. The third kappa shape index (κ3) is 3.30. The molecule has 4 nitrogen and oxygen atoms in total. The standard InChI is InChI=1S/C20H26N4/c1-2-24-13-17(11-22-24)10-21-20-9-8-18-14-23(15-19(18)20)12-16-6-4-3-5-7-16/h2-7,11,13,18-21H,1,8-10,12,14-15H2/t18-,19-,20-/m1/s1. The second-order valence-corrected chi connectivity index (χ2v) is 7.18. The monoisotopic (exact) mass is 322 g/mol. The fourth-order valence-corrected chi connectivity index (χ4v) is 4.40. The molecule has 1 aliphatic carbocycles. The Labute approximate surface area is 144 Å². The molecule has 1 N–H and O–H groups in total. The Morgan fingerprint density at radius 1 is 1.17 bits per heavy atom. The Kier molecular flexibility index (Phi) is 4.50. The third-order valence-corrected chi connectivity index (χ3v) is 5.59. The van der Waals surface area contributed by atoms with Gasteiger partial charge in [0.2, 0.25) is 0 Å². The van der Waals surface area contributed by atoms with Gasteiger partial charge < -0.3 is 5.32 Å². The van der Waals surface area contributed by atoms with E-state index in [1.54, 1.807) is 10.9 Å². The molecule has 0 radical (unpaired) electrons. The lowest BCUT2D eigenvalue weighted by Gasteiger charge is -2.21. The van der Waals surface area contributed by atoms with Crippen LogP contribution in [0, 0.1) is 11.8 Å². The summed E-state index contributed by atoms with van der Waals surface area (Å²) in [6, 6.07) is 11.5. The summed E-state index contributed by atoms with van der Waals surface area (Å²) in [5.74, 6) is 1.66. The highest BCUT2D eigenvalue weighted by atomic mass is 15.2. The highest BCUT2D eigenvalue weighted by Gasteiger charge is 2.42. The van der Waals surface area contributed by atoms with Crippen LogP contribution in [-0.2, 0) is 13.1 Å². The minimum atomic E-state index is 0.642. The van der Waals surface area contributed by atoms with Crippen LogP contribution >= 0.6 is 0 Å². The summed E-state index contributed by atoms with van der Waals surface area (Å²) < 4.78 is 1.77. The first-order chi connectivity index (χ1) is 11.8. The van der Waals surface area contributed by atoms with Gasteiger partial charge in [0.1, 0.15) is 0 Å². The van der Waals surface area contributed by atoms with Gasteiger partial charge in [-0.05, 0) is 30.2 Å². The molecule has 0 spiro atoms. The van der Waals surface area contributed by atoms with Gasteiger partial charge in [0.25, 0.3) is 0 Å². The van der Waals surface area contributed by atoms with Gasteiger partial charge in [-0.3, -0.25) is 4.90 Å². The average molecular weight is 322 g/mol. The molecular weight excluding hydrogens is 296 g/mol. The maximum Gasteiger partial charge on any atom is 0.0538 e. The molecule has 1 saturated heterocycles. The van der Waals surface area contributed by atoms with Gasteiger partial charge in [0, 0.05) is 50.2 Å². The molecule has 0 bridgehead atoms. The molecule has 2 heterocycles. The predicted molar refractivity (Wildman–Crippen MR) is 97.2 cm³/mol. The molecule has 4 heteroatoms. The molecule has 0 amide bonds. The minimum absolute atomic E-state index is 0.642. The largest absolute Gasteiger partial charge is 0.309 e. The molecule has 0 unspecified atom stereocenters. The van der Waals surface area contributed by atoms with Crippen LogP contribution in [0.1, 0.15) is 24.0 Å². The van der Waals surface area contributed by atoms with Gasteiger partial charge in [-0.15, -0.1) is 0 Å². The van der Waals surface area contributed by atoms with E-state index in [1.807, 2.05) is 12.4 Å². The number of rotatable bonds is 6. The van der Waals surface area contributed by atoms with E-state index in [1.165, 1.54) is 37.1 Å². The van der Waals surface area contributed by atoms with Crippen LogP contribution in [0.15, 0.2) is 49.3 Å². The molecule has 24 heavy (non-hydrogen) atoms. The molecule has 2 aromatic rings. The highest BCUT2D eigenvalue weighted by molar-refractivity contribution is 5.18. The summed E-state index contributed by atoms with van der Waals surface area (Å²) >= 11 is 0. The van der Waals surface area contributed by atoms with Gasteiger partial charge in [0.15, 0.2) is 0 Å². The second-order valence-electron chi connectivity index (χ2n) is 7.18. The van der Waals surface area contributed by atoms with Crippen LogP contribution in [-0.4, -0.2) is 33.8 Å². The number of hydrogen-bond acceptors (Lipinski definition) is 3. The second kappa shape index (κ2) is 6.91. The van der Waals surface area contributed by atoms with Crippen molar-refractivity contribution in [1.29, 1.82) is 0 Å². The predicted octanol–water partition coefficient (Wildman–Crippen LogP) is 2.98. The van der Waals surface area contributed by atoms with Gasteiger partial charge >= 0.3 is 0 Å². The normalized spacial score (nSPS) is 26.6. The zero-order valence-corrected chi connectivity index (χ0v) is 14.1. The van der Waals surface area contributed by atoms with Crippen LogP contribution in [0.2, 0.25) is 0 Å². The van der Waals surface area contributed by atoms with Crippen molar-refractivity contribution < 1.29 is 0 Å². The van der Waals surface area contributed by atoms with Crippen LogP contribution in [0.4, 0.5) is 0 Å². The average Bonchev–Trinajstić information content (AvgIpc) is 3.30. The van der Waals surface area contributed by atoms with E-state index < -0.39 is 0 Å². The summed E-state index contributed by atoms with van der Waals surface area (Å²) in [5, 5.41) is 8.03. The van der Waals surface area contributed by atoms with Crippen LogP contribution < -0.4 is 5.32 Å². The SMILES string of the molecule is C=Cn1cc(CN[C@@H]2CC[C@@H]3CN(Cc4ccccc4)C[C@H]32)cn1. The maximum atomic E-state index is 4.26. The summed E-state index contributed by atoms with van der Waals surface area (Å²) in [7, 11) is 0. The number of likely N-dealkylation sites (tertiary alicyclic amines) is 1. The smallest absolute Gasteiger partial charge is 0.0538 e. The van der Waals surface area contributed by atoms with Crippen molar-refractivity contribution >= 4 is 6.20 Å². The first kappa shape index (κ1) is 15.6. The summed E-state index contributed by atoms with van der Waals surface area (Å²) in [6.45, 7) is 8.22. The van der Waals surface area contributed by atoms with Crippen molar-refractivity contribution in [2.24, 2.45) is 11.8 Å². The van der Waals surface area contributed by atoms with E-state index in [-0.39, 0.29) is 0 Å². The number of aromatic nitrogens is 2. The third-order valence-electron chi connectivity index (χ3n) is 5.59. The van der Waals surface area contributed by atoms with E-state index in [9.17, 15) is 0 Å². The number of nitrogens with one attached hydrogen (secondary N) is 1. The zero-order chi connectivity index (χ0) is 16.4. The Balaban J connectivity index is 1.32. The van der Waals surface area contributed by atoms with E-state index >= 15 is 0 Å². The first-order valence-corrected chi connectivity index (χ1v) is 8.97. The molecule has 1 saturated carbocycles. The molecule has 2 fully saturated rings. The molecule has 4 rings (SSSR count). The molecule has 1 aromatic heterocycles. The van der Waals surface area contributed by atoms with Gasteiger partial charge in [0.05, 0.1) is 6.20 Å². The first-order valence-electron chi connectivity index (χ1n) is 8.97. The lowest BCUT2D eigenvalue weighted by molar-refractivity contribution is 0.288. The van der Waals surface area contributed by atoms with Gasteiger partial charge in [-0.1, -0.05) is 36.9 Å². The van der Waals surface area contributed by atoms with E-state index in [2.05, 4.69) is 52.2 Å². The zero-order valence-electron chi connectivity index (χ0n) is 14.1. The molecule has 1 aromatic carbocycles. The quantitative estimate of drug-likeness (QED) is 0.887. The number of benzene rings is 1. The molecule has 126 valence electrons. The van der Waals surface area contributed by atoms with Crippen LogP contribution in [0.3, 0.4) is 0 Å². The lowest BCUT2D eigenvalue weighted by Crippen LogP contribution is -2.35. The summed E-state index contributed by atoms with van der Waals surface area (Å²) in [4.78, 5) is 2.63. The molecule has 1 aliphatic heterocycles. The van der Waals surface area contributed by atoms with E-state index in [4.69, 9.17) is 0 Å². The number of hydrogen-bond donors (Lipinski definition) is 1. The fraction of sp³-hybridized carbons (Fsp3) is 0.450. The summed E-state index contributed by atoms with van der Waals surface area (Å²) in [6.07, 6.45) is 8.37. The van der Waals surface area contributed by atoms with Gasteiger partial charge in [-0.2, -0.15) is 5.10 Å². The van der Waals surface area contributed by atoms with Crippen molar-refractivity contribution in [2.45, 2.75) is 32.0 Å². The van der Waals surface area contributed by atoms with Crippen LogP contribution in [0.5, 0.6) is 0 Å². The Morgan fingerprint density at radius 2 is 2.04 bits per heavy atom. The van der Waals surface area contributed by atoms with Crippen molar-refractivity contribution in [3.8, 4) is 0 Å². The number of nitrogens with zero attached hydrogens (tertiary/aromatic N) is 3. The topological polar surface area (TPSA) is 33.1 Å². The van der Waals surface area contributed by atoms with E-state index in [0.717, 1.165) is 24.9 Å². The van der Waals surface area contributed by atoms with Crippen molar-refractivity contribution in [3.63, 3.8) is 0 Å². The van der Waals surface area contributed by atoms with E-state index in [0.29, 0.717) is 6.04 Å². The number of fused-ring (bicyclic) bond motifs is 1. The van der Waals surface area contributed by atoms with Gasteiger partial charge in [-0.25, -0.2) is 4.68 Å². The molecule has 2 aliphatic rings. The Hall–Kier alpha value is -1.91. The van der Waals surface area contributed by atoms with Crippen molar-refractivity contribution in [3.05, 3.63) is 60.4 Å².